The highest BCUT2D eigenvalue weighted by Crippen LogP contribution is 2.27. The average Bonchev–Trinajstić information content (AvgIpc) is 2.48. The van der Waals surface area contributed by atoms with Gasteiger partial charge in [-0.15, -0.1) is 0 Å². The highest BCUT2D eigenvalue weighted by atomic mass is 35.5. The molecule has 0 bridgehead atoms. The lowest BCUT2D eigenvalue weighted by molar-refractivity contribution is 0.672. The lowest BCUT2D eigenvalue weighted by Crippen LogP contribution is -2.27. The van der Waals surface area contributed by atoms with E-state index in [-0.39, 0.29) is 5.28 Å². The van der Waals surface area contributed by atoms with E-state index in [0.29, 0.717) is 16.2 Å². The minimum atomic E-state index is 0.173. The summed E-state index contributed by atoms with van der Waals surface area (Å²) < 4.78 is 0. The Hall–Kier alpha value is -1.20. The zero-order valence-electron chi connectivity index (χ0n) is 12.3. The van der Waals surface area contributed by atoms with E-state index in [1.807, 2.05) is 0 Å². The molecule has 0 unspecified atom stereocenters. The topological polar surface area (TPSA) is 54.8 Å². The van der Waals surface area contributed by atoms with Crippen molar-refractivity contribution in [1.82, 2.24) is 19.9 Å². The molecule has 0 radical (unpaired) electrons. The standard InChI is InChI=1S/C14H19Cl2N5/c1-3-5-7-21(8-6-4-2)13-11-10(19-14(16)20-13)12(15)18-9-17-11/h9H,3-8H2,1-2H3. The Morgan fingerprint density at radius 3 is 2.24 bits per heavy atom. The van der Waals surface area contributed by atoms with Crippen molar-refractivity contribution in [3.63, 3.8) is 0 Å². The molecule has 0 saturated carbocycles. The van der Waals surface area contributed by atoms with Crippen LogP contribution in [-0.4, -0.2) is 33.0 Å². The third-order valence-electron chi connectivity index (χ3n) is 3.25. The minimum Gasteiger partial charge on any atom is -0.355 e. The second-order valence-electron chi connectivity index (χ2n) is 4.87. The lowest BCUT2D eigenvalue weighted by atomic mass is 10.2. The summed E-state index contributed by atoms with van der Waals surface area (Å²) in [6.07, 6.45) is 5.85. The molecule has 0 spiro atoms. The maximum Gasteiger partial charge on any atom is 0.225 e. The van der Waals surface area contributed by atoms with E-state index in [0.717, 1.165) is 44.6 Å². The number of aromatic nitrogens is 4. The third kappa shape index (κ3) is 3.92. The van der Waals surface area contributed by atoms with Gasteiger partial charge in [-0.25, -0.2) is 15.0 Å². The van der Waals surface area contributed by atoms with Gasteiger partial charge in [-0.2, -0.15) is 4.98 Å². The summed E-state index contributed by atoms with van der Waals surface area (Å²) in [4.78, 5) is 19.0. The van der Waals surface area contributed by atoms with E-state index in [9.17, 15) is 0 Å². The fraction of sp³-hybridized carbons (Fsp3) is 0.571. The van der Waals surface area contributed by atoms with Crippen LogP contribution in [0.2, 0.25) is 10.4 Å². The first kappa shape index (κ1) is 16.2. The van der Waals surface area contributed by atoms with Crippen molar-refractivity contribution in [3.05, 3.63) is 16.8 Å². The summed E-state index contributed by atoms with van der Waals surface area (Å²) in [5.74, 6) is 0.746. The monoisotopic (exact) mass is 327 g/mol. The number of hydrogen-bond donors (Lipinski definition) is 0. The first-order chi connectivity index (χ1) is 10.2. The molecule has 0 aliphatic heterocycles. The minimum absolute atomic E-state index is 0.173. The van der Waals surface area contributed by atoms with Crippen molar-refractivity contribution in [2.45, 2.75) is 39.5 Å². The van der Waals surface area contributed by atoms with Gasteiger partial charge in [0, 0.05) is 13.1 Å². The van der Waals surface area contributed by atoms with Crippen LogP contribution in [0, 0.1) is 0 Å². The van der Waals surface area contributed by atoms with Gasteiger partial charge in [-0.05, 0) is 24.4 Å². The Balaban J connectivity index is 2.47. The number of anilines is 1. The molecule has 7 heteroatoms. The summed E-state index contributed by atoms with van der Waals surface area (Å²) in [7, 11) is 0. The zero-order chi connectivity index (χ0) is 15.2. The van der Waals surface area contributed by atoms with Crippen molar-refractivity contribution in [2.75, 3.05) is 18.0 Å². The second kappa shape index (κ2) is 7.71. The predicted octanol–water partition coefficient (Wildman–Crippen LogP) is 4.13. The fourth-order valence-corrected chi connectivity index (χ4v) is 2.46. The lowest BCUT2D eigenvalue weighted by Gasteiger charge is -2.24. The van der Waals surface area contributed by atoms with Gasteiger partial charge in [-0.1, -0.05) is 38.3 Å². The quantitative estimate of drug-likeness (QED) is 0.565. The summed E-state index contributed by atoms with van der Waals surface area (Å²) >= 11 is 12.1. The zero-order valence-corrected chi connectivity index (χ0v) is 13.8. The van der Waals surface area contributed by atoms with Gasteiger partial charge in [0.05, 0.1) is 0 Å². The van der Waals surface area contributed by atoms with Gasteiger partial charge in [0.2, 0.25) is 5.28 Å². The number of halogens is 2. The normalized spacial score (nSPS) is 11.0. The molecule has 2 aromatic heterocycles. The first-order valence-electron chi connectivity index (χ1n) is 7.26. The smallest absolute Gasteiger partial charge is 0.225 e. The van der Waals surface area contributed by atoms with E-state index in [4.69, 9.17) is 23.2 Å². The van der Waals surface area contributed by atoms with Crippen molar-refractivity contribution in [1.29, 1.82) is 0 Å². The Bertz CT molecular complexity index is 597. The van der Waals surface area contributed by atoms with Gasteiger partial charge >= 0.3 is 0 Å². The Labute approximate surface area is 134 Å². The molecular formula is C14H19Cl2N5. The van der Waals surface area contributed by atoms with Crippen LogP contribution in [0.3, 0.4) is 0 Å². The van der Waals surface area contributed by atoms with E-state index in [1.54, 1.807) is 0 Å². The summed E-state index contributed by atoms with van der Waals surface area (Å²) in [5, 5.41) is 0.476. The van der Waals surface area contributed by atoms with E-state index >= 15 is 0 Å². The largest absolute Gasteiger partial charge is 0.355 e. The third-order valence-corrected chi connectivity index (χ3v) is 3.70. The van der Waals surface area contributed by atoms with Crippen LogP contribution < -0.4 is 4.90 Å². The Kier molecular flexibility index (Phi) is 5.94. The van der Waals surface area contributed by atoms with Crippen molar-refractivity contribution in [2.24, 2.45) is 0 Å². The summed E-state index contributed by atoms with van der Waals surface area (Å²) in [6, 6.07) is 0. The molecule has 5 nitrogen and oxygen atoms in total. The molecule has 0 saturated heterocycles. The molecule has 0 N–H and O–H groups in total. The molecule has 0 aliphatic rings. The first-order valence-corrected chi connectivity index (χ1v) is 8.01. The molecule has 21 heavy (non-hydrogen) atoms. The Morgan fingerprint density at radius 1 is 0.952 bits per heavy atom. The van der Waals surface area contributed by atoms with Crippen LogP contribution in [0.4, 0.5) is 5.82 Å². The van der Waals surface area contributed by atoms with E-state index < -0.39 is 0 Å². The number of unbranched alkanes of at least 4 members (excludes halogenated alkanes) is 2. The summed E-state index contributed by atoms with van der Waals surface area (Å²) in [5.41, 5.74) is 1.17. The van der Waals surface area contributed by atoms with Gasteiger partial charge in [0.1, 0.15) is 17.4 Å². The van der Waals surface area contributed by atoms with Gasteiger partial charge in [0.15, 0.2) is 11.0 Å². The molecule has 0 fully saturated rings. The SMILES string of the molecule is CCCCN(CCCC)c1nc(Cl)nc2c(Cl)ncnc12. The number of hydrogen-bond acceptors (Lipinski definition) is 5. The maximum atomic E-state index is 6.10. The molecule has 2 rings (SSSR count). The molecule has 0 amide bonds. The van der Waals surface area contributed by atoms with Crippen molar-refractivity contribution in [3.8, 4) is 0 Å². The predicted molar refractivity (Wildman–Crippen MR) is 87.2 cm³/mol. The fourth-order valence-electron chi connectivity index (χ4n) is 2.12. The van der Waals surface area contributed by atoms with Crippen LogP contribution in [0.5, 0.6) is 0 Å². The number of nitrogens with zero attached hydrogens (tertiary/aromatic N) is 5. The highest BCUT2D eigenvalue weighted by Gasteiger charge is 2.16. The Morgan fingerprint density at radius 2 is 1.62 bits per heavy atom. The molecule has 2 aromatic rings. The molecule has 114 valence electrons. The number of rotatable bonds is 7. The van der Waals surface area contributed by atoms with Crippen LogP contribution in [0.15, 0.2) is 6.33 Å². The van der Waals surface area contributed by atoms with E-state index in [2.05, 4.69) is 38.7 Å². The van der Waals surface area contributed by atoms with Gasteiger partial charge in [0.25, 0.3) is 0 Å². The average molecular weight is 328 g/mol. The van der Waals surface area contributed by atoms with Crippen molar-refractivity contribution < 1.29 is 0 Å². The van der Waals surface area contributed by atoms with Crippen molar-refractivity contribution >= 4 is 40.1 Å². The van der Waals surface area contributed by atoms with Gasteiger partial charge < -0.3 is 4.90 Å². The van der Waals surface area contributed by atoms with Crippen LogP contribution in [0.25, 0.3) is 11.0 Å². The van der Waals surface area contributed by atoms with Crippen LogP contribution in [-0.2, 0) is 0 Å². The van der Waals surface area contributed by atoms with Gasteiger partial charge in [-0.3, -0.25) is 0 Å². The van der Waals surface area contributed by atoms with E-state index in [1.165, 1.54) is 6.33 Å². The molecule has 0 aliphatic carbocycles. The highest BCUT2D eigenvalue weighted by molar-refractivity contribution is 6.34. The maximum absolute atomic E-state index is 6.10. The molecular weight excluding hydrogens is 309 g/mol. The van der Waals surface area contributed by atoms with Crippen LogP contribution in [0.1, 0.15) is 39.5 Å². The van der Waals surface area contributed by atoms with Crippen LogP contribution >= 0.6 is 23.2 Å². The second-order valence-corrected chi connectivity index (χ2v) is 5.57. The molecule has 0 atom stereocenters. The molecule has 2 heterocycles. The summed E-state index contributed by atoms with van der Waals surface area (Å²) in [6.45, 7) is 6.17. The molecule has 0 aromatic carbocycles. The number of fused-ring (bicyclic) bond motifs is 1.